The van der Waals surface area contributed by atoms with Crippen molar-refractivity contribution in [3.05, 3.63) is 58.9 Å². The van der Waals surface area contributed by atoms with Crippen molar-refractivity contribution >= 4 is 17.6 Å². The van der Waals surface area contributed by atoms with Crippen LogP contribution in [0.4, 0.5) is 10.7 Å². The number of rotatable bonds is 5. The number of carbonyl (C=O) groups excluding carboxylic acids is 1. The van der Waals surface area contributed by atoms with Gasteiger partial charge in [-0.25, -0.2) is 19.4 Å². The van der Waals surface area contributed by atoms with E-state index in [0.29, 0.717) is 57.4 Å². The normalized spacial score (nSPS) is 18.2. The van der Waals surface area contributed by atoms with E-state index in [1.165, 1.54) is 10.7 Å². The molecule has 206 valence electrons. The van der Waals surface area contributed by atoms with Crippen molar-refractivity contribution in [2.24, 2.45) is 7.05 Å². The molecule has 5 rings (SSSR count). The Morgan fingerprint density at radius 2 is 1.92 bits per heavy atom. The number of aromatic nitrogens is 6. The highest BCUT2D eigenvalue weighted by molar-refractivity contribution is 5.72. The van der Waals surface area contributed by atoms with Crippen molar-refractivity contribution in [2.45, 2.75) is 45.4 Å². The molecule has 2 aliphatic rings. The summed E-state index contributed by atoms with van der Waals surface area (Å²) >= 11 is 0. The van der Waals surface area contributed by atoms with Crippen LogP contribution in [0.1, 0.15) is 32.8 Å². The molecule has 0 saturated carbocycles. The van der Waals surface area contributed by atoms with Crippen molar-refractivity contribution in [3.63, 3.8) is 0 Å². The second-order valence-electron chi connectivity index (χ2n) is 10.8. The summed E-state index contributed by atoms with van der Waals surface area (Å²) in [5, 5.41) is 8.71. The van der Waals surface area contributed by atoms with E-state index in [4.69, 9.17) is 9.47 Å². The number of hydrogen-bond donors (Lipinski definition) is 0. The first kappa shape index (κ1) is 26.5. The molecule has 12 nitrogen and oxygen atoms in total. The van der Waals surface area contributed by atoms with Gasteiger partial charge < -0.3 is 19.3 Å². The number of hydrogen-bond acceptors (Lipinski definition) is 9. The summed E-state index contributed by atoms with van der Waals surface area (Å²) in [4.78, 5) is 37.8. The maximum absolute atomic E-state index is 12.5. The van der Waals surface area contributed by atoms with Gasteiger partial charge in [-0.2, -0.15) is 10.2 Å². The van der Waals surface area contributed by atoms with Crippen molar-refractivity contribution in [1.29, 1.82) is 0 Å². The van der Waals surface area contributed by atoms with Crippen LogP contribution >= 0.6 is 0 Å². The van der Waals surface area contributed by atoms with E-state index >= 15 is 0 Å². The fourth-order valence-corrected chi connectivity index (χ4v) is 4.57. The third-order valence-electron chi connectivity index (χ3n) is 6.54. The third kappa shape index (κ3) is 6.51. The number of ether oxygens (including phenoxy) is 2. The van der Waals surface area contributed by atoms with Gasteiger partial charge in [0.1, 0.15) is 5.60 Å². The Labute approximate surface area is 226 Å². The zero-order valence-electron chi connectivity index (χ0n) is 22.8. The Bertz CT molecular complexity index is 1410. The zero-order chi connectivity index (χ0) is 27.6. The average molecular weight is 535 g/mol. The highest BCUT2D eigenvalue weighted by Gasteiger charge is 2.26. The quantitative estimate of drug-likeness (QED) is 0.486. The molecule has 0 unspecified atom stereocenters. The lowest BCUT2D eigenvalue weighted by molar-refractivity contribution is 0.0259. The predicted octanol–water partition coefficient (Wildman–Crippen LogP) is 2.36. The van der Waals surface area contributed by atoms with Crippen molar-refractivity contribution < 1.29 is 14.3 Å². The maximum atomic E-state index is 12.5. The Morgan fingerprint density at radius 1 is 1.13 bits per heavy atom. The summed E-state index contributed by atoms with van der Waals surface area (Å²) < 4.78 is 14.6. The van der Waals surface area contributed by atoms with E-state index in [-0.39, 0.29) is 17.8 Å². The Morgan fingerprint density at radius 3 is 2.59 bits per heavy atom. The minimum absolute atomic E-state index is 0.185. The van der Waals surface area contributed by atoms with Crippen LogP contribution in [-0.4, -0.2) is 85.0 Å². The van der Waals surface area contributed by atoms with Gasteiger partial charge in [-0.15, -0.1) is 0 Å². The first-order valence-corrected chi connectivity index (χ1v) is 13.1. The van der Waals surface area contributed by atoms with Gasteiger partial charge >= 0.3 is 6.09 Å². The van der Waals surface area contributed by atoms with Crippen LogP contribution < -0.4 is 10.5 Å². The Balaban J connectivity index is 1.21. The molecule has 2 aliphatic heterocycles. The summed E-state index contributed by atoms with van der Waals surface area (Å²) in [5.41, 5.74) is 2.88. The van der Waals surface area contributed by atoms with Gasteiger partial charge in [-0.3, -0.25) is 9.48 Å². The predicted molar refractivity (Wildman–Crippen MR) is 145 cm³/mol. The lowest BCUT2D eigenvalue weighted by Gasteiger charge is -2.33. The lowest BCUT2D eigenvalue weighted by atomic mass is 10.0. The van der Waals surface area contributed by atoms with Gasteiger partial charge in [-0.1, -0.05) is 6.08 Å². The second-order valence-corrected chi connectivity index (χ2v) is 10.8. The second kappa shape index (κ2) is 11.0. The van der Waals surface area contributed by atoms with Crippen LogP contribution in [0.2, 0.25) is 0 Å². The van der Waals surface area contributed by atoms with Gasteiger partial charge in [0.05, 0.1) is 31.1 Å². The lowest BCUT2D eigenvalue weighted by Crippen LogP contribution is -2.46. The standard InChI is InChI=1S/C27H34N8O4/c1-27(2,3)39-26(37)33-9-7-19(8-10-33)20-13-28-25(29-14-20)34-11-12-38-22(17-34)18-35-24(36)6-5-23(31-35)21-15-30-32(4)16-21/h5-7,13-16,22H,8-12,17-18H2,1-4H3/t22-/m0/s1. The van der Waals surface area contributed by atoms with Crippen LogP contribution in [0.5, 0.6) is 0 Å². The Kier molecular flexibility index (Phi) is 7.47. The molecule has 3 aromatic heterocycles. The van der Waals surface area contributed by atoms with Gasteiger partial charge in [0, 0.05) is 69.0 Å². The summed E-state index contributed by atoms with van der Waals surface area (Å²) in [6, 6.07) is 3.22. The molecular weight excluding hydrogens is 500 g/mol. The first-order valence-electron chi connectivity index (χ1n) is 13.1. The highest BCUT2D eigenvalue weighted by Crippen LogP contribution is 2.24. The van der Waals surface area contributed by atoms with E-state index in [9.17, 15) is 9.59 Å². The molecule has 1 saturated heterocycles. The summed E-state index contributed by atoms with van der Waals surface area (Å²) in [5.74, 6) is 0.614. The third-order valence-corrected chi connectivity index (χ3v) is 6.54. The largest absolute Gasteiger partial charge is 0.444 e. The summed E-state index contributed by atoms with van der Waals surface area (Å²) in [7, 11) is 1.84. The molecule has 0 bridgehead atoms. The van der Waals surface area contributed by atoms with Crippen LogP contribution in [-0.2, 0) is 23.1 Å². The zero-order valence-corrected chi connectivity index (χ0v) is 22.8. The van der Waals surface area contributed by atoms with E-state index in [1.807, 2.05) is 52.5 Å². The SMILES string of the molecule is Cn1cc(-c2ccc(=O)n(C[C@@H]3CN(c4ncc(C5=CCN(C(=O)OC(C)(C)C)CC5)cn4)CCO3)n2)cn1. The van der Waals surface area contributed by atoms with E-state index in [0.717, 1.165) is 16.7 Å². The van der Waals surface area contributed by atoms with Crippen LogP contribution in [0.15, 0.2) is 47.8 Å². The molecule has 0 aliphatic carbocycles. The molecule has 0 N–H and O–H groups in total. The monoisotopic (exact) mass is 534 g/mol. The summed E-state index contributed by atoms with van der Waals surface area (Å²) in [6.45, 7) is 8.69. The molecule has 39 heavy (non-hydrogen) atoms. The smallest absolute Gasteiger partial charge is 0.410 e. The van der Waals surface area contributed by atoms with Crippen LogP contribution in [0.25, 0.3) is 16.8 Å². The number of morpholine rings is 1. The van der Waals surface area contributed by atoms with Crippen LogP contribution in [0.3, 0.4) is 0 Å². The highest BCUT2D eigenvalue weighted by atomic mass is 16.6. The Hall–Kier alpha value is -4.06. The maximum Gasteiger partial charge on any atom is 0.410 e. The first-order chi connectivity index (χ1) is 18.6. The molecule has 0 spiro atoms. The summed E-state index contributed by atoms with van der Waals surface area (Å²) in [6.07, 6.45) is 9.43. The van der Waals surface area contributed by atoms with Crippen molar-refractivity contribution in [3.8, 4) is 11.3 Å². The molecular formula is C27H34N8O4. The molecule has 5 heterocycles. The van der Waals surface area contributed by atoms with E-state index in [2.05, 4.69) is 25.1 Å². The average Bonchev–Trinajstić information content (AvgIpc) is 3.35. The molecule has 0 radical (unpaired) electrons. The van der Waals surface area contributed by atoms with Gasteiger partial charge in [0.25, 0.3) is 5.56 Å². The minimum Gasteiger partial charge on any atom is -0.444 e. The molecule has 1 amide bonds. The fourth-order valence-electron chi connectivity index (χ4n) is 4.57. The van der Waals surface area contributed by atoms with E-state index < -0.39 is 5.60 Å². The topological polar surface area (TPSA) is 121 Å². The number of carbonyl (C=O) groups is 1. The minimum atomic E-state index is -0.514. The van der Waals surface area contributed by atoms with Gasteiger partial charge in [0.15, 0.2) is 0 Å². The fraction of sp³-hybridized carbons (Fsp3) is 0.481. The number of aryl methyl sites for hydroxylation is 1. The van der Waals surface area contributed by atoms with E-state index in [1.54, 1.807) is 21.8 Å². The van der Waals surface area contributed by atoms with Gasteiger partial charge in [-0.05, 0) is 38.8 Å². The van der Waals surface area contributed by atoms with Crippen molar-refractivity contribution in [2.75, 3.05) is 37.7 Å². The number of anilines is 1. The molecule has 12 heteroatoms. The molecule has 0 aromatic carbocycles. The van der Waals surface area contributed by atoms with Crippen molar-refractivity contribution in [1.82, 2.24) is 34.4 Å². The molecule has 1 atom stereocenters. The number of amides is 1. The molecule has 1 fully saturated rings. The molecule has 3 aromatic rings. The van der Waals surface area contributed by atoms with Crippen LogP contribution in [0, 0.1) is 0 Å². The number of nitrogens with zero attached hydrogens (tertiary/aromatic N) is 8. The van der Waals surface area contributed by atoms with Gasteiger partial charge in [0.2, 0.25) is 5.95 Å².